The average molecular weight is 154 g/mol. The van der Waals surface area contributed by atoms with Crippen LogP contribution in [-0.2, 0) is 0 Å². The molecule has 0 bridgehead atoms. The minimum Gasteiger partial charge on any atom is -0.285 e. The fourth-order valence-corrected chi connectivity index (χ4v) is 1.16. The Kier molecular flexibility index (Phi) is 4.89. The lowest BCUT2D eigenvalue weighted by Crippen LogP contribution is -2.38. The van der Waals surface area contributed by atoms with Crippen LogP contribution in [0, 0.1) is 11.3 Å². The van der Waals surface area contributed by atoms with Crippen LogP contribution in [0.4, 0.5) is 0 Å². The second-order valence-electron chi connectivity index (χ2n) is 3.18. The van der Waals surface area contributed by atoms with Crippen molar-refractivity contribution in [1.82, 2.24) is 4.90 Å². The van der Waals surface area contributed by atoms with Crippen molar-refractivity contribution in [3.05, 3.63) is 0 Å². The predicted molar refractivity (Wildman–Crippen MR) is 47.2 cm³/mol. The Morgan fingerprint density at radius 1 is 1.36 bits per heavy atom. The molecule has 2 heteroatoms. The van der Waals surface area contributed by atoms with Gasteiger partial charge in [-0.05, 0) is 27.2 Å². The summed E-state index contributed by atoms with van der Waals surface area (Å²) in [6.07, 6.45) is 1.11. The van der Waals surface area contributed by atoms with Crippen LogP contribution in [0.15, 0.2) is 0 Å². The highest BCUT2D eigenvalue weighted by atomic mass is 15.2. The van der Waals surface area contributed by atoms with Crippen LogP contribution in [0.2, 0.25) is 0 Å². The van der Waals surface area contributed by atoms with Crippen LogP contribution < -0.4 is 0 Å². The van der Waals surface area contributed by atoms with Crippen LogP contribution in [0.5, 0.6) is 0 Å². The van der Waals surface area contributed by atoms with Gasteiger partial charge in [-0.2, -0.15) is 5.26 Å². The van der Waals surface area contributed by atoms with Gasteiger partial charge in [-0.1, -0.05) is 6.92 Å². The first kappa shape index (κ1) is 10.4. The van der Waals surface area contributed by atoms with Crippen molar-refractivity contribution in [2.45, 2.75) is 46.2 Å². The van der Waals surface area contributed by atoms with E-state index in [9.17, 15) is 0 Å². The lowest BCUT2D eigenvalue weighted by Gasteiger charge is -2.29. The molecule has 0 radical (unpaired) electrons. The molecule has 1 atom stereocenters. The Bertz CT molecular complexity index is 135. The molecule has 0 aliphatic rings. The SMILES string of the molecule is CCC(C)N(CC#N)C(C)C. The molecule has 11 heavy (non-hydrogen) atoms. The quantitative estimate of drug-likeness (QED) is 0.579. The second kappa shape index (κ2) is 5.15. The molecule has 0 saturated heterocycles. The molecule has 1 unspecified atom stereocenters. The zero-order chi connectivity index (χ0) is 8.85. The van der Waals surface area contributed by atoms with Crippen molar-refractivity contribution < 1.29 is 0 Å². The summed E-state index contributed by atoms with van der Waals surface area (Å²) in [6, 6.07) is 3.19. The van der Waals surface area contributed by atoms with E-state index in [2.05, 4.69) is 38.7 Å². The summed E-state index contributed by atoms with van der Waals surface area (Å²) < 4.78 is 0. The third kappa shape index (κ3) is 3.38. The smallest absolute Gasteiger partial charge is 0.0870 e. The molecule has 2 nitrogen and oxygen atoms in total. The Balaban J connectivity index is 4.00. The number of hydrogen-bond donors (Lipinski definition) is 0. The lowest BCUT2D eigenvalue weighted by atomic mass is 10.2. The number of nitrogens with zero attached hydrogens (tertiary/aromatic N) is 2. The highest BCUT2D eigenvalue weighted by molar-refractivity contribution is 4.81. The fourth-order valence-electron chi connectivity index (χ4n) is 1.16. The summed E-state index contributed by atoms with van der Waals surface area (Å²) >= 11 is 0. The van der Waals surface area contributed by atoms with Gasteiger partial charge in [-0.15, -0.1) is 0 Å². The minimum atomic E-state index is 0.476. The molecule has 0 saturated carbocycles. The minimum absolute atomic E-state index is 0.476. The van der Waals surface area contributed by atoms with Crippen LogP contribution >= 0.6 is 0 Å². The Morgan fingerprint density at radius 2 is 1.91 bits per heavy atom. The molecule has 0 aromatic heterocycles. The summed E-state index contributed by atoms with van der Waals surface area (Å²) in [7, 11) is 0. The predicted octanol–water partition coefficient (Wildman–Crippen LogP) is 2.02. The van der Waals surface area contributed by atoms with Crippen LogP contribution in [0.1, 0.15) is 34.1 Å². The maximum atomic E-state index is 8.54. The number of nitriles is 1. The van der Waals surface area contributed by atoms with Gasteiger partial charge in [-0.25, -0.2) is 0 Å². The van der Waals surface area contributed by atoms with E-state index in [4.69, 9.17) is 5.26 Å². The monoisotopic (exact) mass is 154 g/mol. The summed E-state index contributed by atoms with van der Waals surface area (Å²) in [5, 5.41) is 8.54. The third-order valence-corrected chi connectivity index (χ3v) is 2.07. The first-order chi connectivity index (χ1) is 5.13. The standard InChI is InChI=1S/C9H18N2/c1-5-9(4)11(7-6-10)8(2)3/h8-9H,5,7H2,1-4H3. The van der Waals surface area contributed by atoms with Crippen LogP contribution in [-0.4, -0.2) is 23.5 Å². The summed E-state index contributed by atoms with van der Waals surface area (Å²) in [5.41, 5.74) is 0. The van der Waals surface area contributed by atoms with Crippen molar-refractivity contribution in [2.24, 2.45) is 0 Å². The Labute approximate surface area is 69.8 Å². The normalized spacial score (nSPS) is 13.5. The van der Waals surface area contributed by atoms with Gasteiger partial charge in [0, 0.05) is 12.1 Å². The molecule has 64 valence electrons. The molecular weight excluding hydrogens is 136 g/mol. The largest absolute Gasteiger partial charge is 0.285 e. The highest BCUT2D eigenvalue weighted by Gasteiger charge is 2.13. The van der Waals surface area contributed by atoms with Crippen molar-refractivity contribution in [2.75, 3.05) is 6.54 Å². The number of rotatable bonds is 4. The van der Waals surface area contributed by atoms with Gasteiger partial charge >= 0.3 is 0 Å². The lowest BCUT2D eigenvalue weighted by molar-refractivity contribution is 0.182. The van der Waals surface area contributed by atoms with E-state index in [1.54, 1.807) is 0 Å². The molecule has 0 aliphatic heterocycles. The van der Waals surface area contributed by atoms with E-state index in [1.807, 2.05) is 0 Å². The van der Waals surface area contributed by atoms with Gasteiger partial charge in [0.05, 0.1) is 12.6 Å². The van der Waals surface area contributed by atoms with Crippen molar-refractivity contribution in [3.8, 4) is 6.07 Å². The van der Waals surface area contributed by atoms with E-state index in [-0.39, 0.29) is 0 Å². The van der Waals surface area contributed by atoms with E-state index in [0.717, 1.165) is 6.42 Å². The van der Waals surface area contributed by atoms with Gasteiger partial charge in [0.2, 0.25) is 0 Å². The Morgan fingerprint density at radius 3 is 2.18 bits per heavy atom. The van der Waals surface area contributed by atoms with E-state index in [1.165, 1.54) is 0 Å². The molecule has 0 N–H and O–H groups in total. The zero-order valence-electron chi connectivity index (χ0n) is 7.96. The number of hydrogen-bond acceptors (Lipinski definition) is 2. The summed E-state index contributed by atoms with van der Waals surface area (Å²) in [6.45, 7) is 9.12. The fraction of sp³-hybridized carbons (Fsp3) is 0.889. The van der Waals surface area contributed by atoms with Gasteiger partial charge in [-0.3, -0.25) is 4.90 Å². The zero-order valence-corrected chi connectivity index (χ0v) is 7.96. The van der Waals surface area contributed by atoms with Gasteiger partial charge in [0.25, 0.3) is 0 Å². The summed E-state index contributed by atoms with van der Waals surface area (Å²) in [5.74, 6) is 0. The van der Waals surface area contributed by atoms with E-state index < -0.39 is 0 Å². The average Bonchev–Trinajstić information content (AvgIpc) is 1.98. The molecule has 0 fully saturated rings. The van der Waals surface area contributed by atoms with Crippen LogP contribution in [0.25, 0.3) is 0 Å². The molecule has 0 spiro atoms. The molecule has 0 rings (SSSR count). The first-order valence-corrected chi connectivity index (χ1v) is 4.26. The van der Waals surface area contributed by atoms with Crippen LogP contribution in [0.3, 0.4) is 0 Å². The van der Waals surface area contributed by atoms with Gasteiger partial charge in [0.15, 0.2) is 0 Å². The maximum absolute atomic E-state index is 8.54. The molecule has 0 heterocycles. The van der Waals surface area contributed by atoms with E-state index in [0.29, 0.717) is 18.6 Å². The molecule has 0 aliphatic carbocycles. The van der Waals surface area contributed by atoms with E-state index >= 15 is 0 Å². The molecule has 0 aromatic carbocycles. The van der Waals surface area contributed by atoms with Crippen molar-refractivity contribution in [1.29, 1.82) is 5.26 Å². The highest BCUT2D eigenvalue weighted by Crippen LogP contribution is 2.06. The Hall–Kier alpha value is -0.550. The first-order valence-electron chi connectivity index (χ1n) is 4.26. The third-order valence-electron chi connectivity index (χ3n) is 2.07. The molecular formula is C9H18N2. The molecule has 0 amide bonds. The van der Waals surface area contributed by atoms with Crippen molar-refractivity contribution >= 4 is 0 Å². The topological polar surface area (TPSA) is 27.0 Å². The van der Waals surface area contributed by atoms with Gasteiger partial charge < -0.3 is 0 Å². The van der Waals surface area contributed by atoms with Crippen molar-refractivity contribution in [3.63, 3.8) is 0 Å². The maximum Gasteiger partial charge on any atom is 0.0870 e. The second-order valence-corrected chi connectivity index (χ2v) is 3.18. The molecule has 0 aromatic rings. The van der Waals surface area contributed by atoms with Gasteiger partial charge in [0.1, 0.15) is 0 Å². The summed E-state index contributed by atoms with van der Waals surface area (Å²) in [4.78, 5) is 2.21.